The molecule has 1 heterocycles. The lowest BCUT2D eigenvalue weighted by molar-refractivity contribution is 0.0761. The van der Waals surface area contributed by atoms with Crippen LogP contribution in [0.1, 0.15) is 42.5 Å². The van der Waals surface area contributed by atoms with Crippen LogP contribution in [0, 0.1) is 5.92 Å². The van der Waals surface area contributed by atoms with Crippen molar-refractivity contribution in [2.24, 2.45) is 5.92 Å². The zero-order chi connectivity index (χ0) is 13.7. The fourth-order valence-electron chi connectivity index (χ4n) is 2.83. The fourth-order valence-corrected chi connectivity index (χ4v) is 2.83. The van der Waals surface area contributed by atoms with Crippen LogP contribution in [0.2, 0.25) is 0 Å². The first-order chi connectivity index (χ1) is 9.22. The van der Waals surface area contributed by atoms with Gasteiger partial charge in [0.1, 0.15) is 0 Å². The van der Waals surface area contributed by atoms with Crippen molar-refractivity contribution in [2.75, 3.05) is 26.0 Å². The van der Waals surface area contributed by atoms with E-state index in [9.17, 15) is 4.79 Å². The Balaban J connectivity index is 2.01. The van der Waals surface area contributed by atoms with Crippen molar-refractivity contribution >= 4 is 11.6 Å². The van der Waals surface area contributed by atoms with E-state index < -0.39 is 0 Å². The molecule has 0 aliphatic heterocycles. The lowest BCUT2D eigenvalue weighted by atomic mass is 9.89. The summed E-state index contributed by atoms with van der Waals surface area (Å²) in [6.07, 6.45) is 9.85. The zero-order valence-electron chi connectivity index (χ0n) is 11.9. The predicted octanol–water partition coefficient (Wildman–Crippen LogP) is 2.78. The SMILES string of the molecule is CNc1cnccc1C(=O)N(C)CC1CCCCC1. The molecule has 1 aliphatic rings. The third kappa shape index (κ3) is 3.46. The molecule has 1 amide bonds. The average molecular weight is 261 g/mol. The quantitative estimate of drug-likeness (QED) is 0.906. The van der Waals surface area contributed by atoms with Crippen molar-refractivity contribution in [3.63, 3.8) is 0 Å². The molecule has 2 rings (SSSR count). The van der Waals surface area contributed by atoms with Crippen LogP contribution in [-0.4, -0.2) is 36.4 Å². The maximum atomic E-state index is 12.5. The maximum Gasteiger partial charge on any atom is 0.255 e. The van der Waals surface area contributed by atoms with Gasteiger partial charge in [-0.2, -0.15) is 0 Å². The number of nitrogens with zero attached hydrogens (tertiary/aromatic N) is 2. The monoisotopic (exact) mass is 261 g/mol. The van der Waals surface area contributed by atoms with Crippen molar-refractivity contribution in [1.82, 2.24) is 9.88 Å². The number of aromatic nitrogens is 1. The Morgan fingerprint density at radius 3 is 2.84 bits per heavy atom. The topological polar surface area (TPSA) is 45.2 Å². The van der Waals surface area contributed by atoms with Crippen molar-refractivity contribution in [1.29, 1.82) is 0 Å². The summed E-state index contributed by atoms with van der Waals surface area (Å²) in [6.45, 7) is 0.865. The zero-order valence-corrected chi connectivity index (χ0v) is 11.9. The minimum absolute atomic E-state index is 0.0809. The molecule has 4 nitrogen and oxygen atoms in total. The number of carbonyl (C=O) groups excluding carboxylic acids is 1. The summed E-state index contributed by atoms with van der Waals surface area (Å²) in [5.74, 6) is 0.750. The van der Waals surface area contributed by atoms with Gasteiger partial charge in [0.05, 0.1) is 17.4 Å². The number of nitrogens with one attached hydrogen (secondary N) is 1. The van der Waals surface area contributed by atoms with Crippen molar-refractivity contribution in [3.8, 4) is 0 Å². The van der Waals surface area contributed by atoms with Gasteiger partial charge in [-0.25, -0.2) is 0 Å². The van der Waals surface area contributed by atoms with E-state index in [4.69, 9.17) is 0 Å². The Morgan fingerprint density at radius 2 is 2.16 bits per heavy atom. The molecule has 1 aromatic heterocycles. The Hall–Kier alpha value is -1.58. The summed E-state index contributed by atoms with van der Waals surface area (Å²) < 4.78 is 0. The normalized spacial score (nSPS) is 16.1. The highest BCUT2D eigenvalue weighted by Crippen LogP contribution is 2.25. The van der Waals surface area contributed by atoms with E-state index in [-0.39, 0.29) is 5.91 Å². The molecular weight excluding hydrogens is 238 g/mol. The van der Waals surface area contributed by atoms with E-state index in [0.717, 1.165) is 12.2 Å². The van der Waals surface area contributed by atoms with E-state index in [1.165, 1.54) is 32.1 Å². The van der Waals surface area contributed by atoms with Gasteiger partial charge >= 0.3 is 0 Å². The van der Waals surface area contributed by atoms with Gasteiger partial charge in [-0.15, -0.1) is 0 Å². The largest absolute Gasteiger partial charge is 0.386 e. The number of rotatable bonds is 4. The number of hydrogen-bond donors (Lipinski definition) is 1. The van der Waals surface area contributed by atoms with Gasteiger partial charge in [-0.1, -0.05) is 19.3 Å². The number of carbonyl (C=O) groups is 1. The molecule has 1 aromatic rings. The van der Waals surface area contributed by atoms with Crippen LogP contribution >= 0.6 is 0 Å². The maximum absolute atomic E-state index is 12.5. The Bertz CT molecular complexity index is 427. The average Bonchev–Trinajstić information content (AvgIpc) is 2.47. The van der Waals surface area contributed by atoms with Gasteiger partial charge in [0, 0.05) is 26.8 Å². The van der Waals surface area contributed by atoms with E-state index >= 15 is 0 Å². The molecule has 1 N–H and O–H groups in total. The highest BCUT2D eigenvalue weighted by Gasteiger charge is 2.20. The second-order valence-corrected chi connectivity index (χ2v) is 5.36. The minimum atomic E-state index is 0.0809. The first-order valence-electron chi connectivity index (χ1n) is 7.09. The van der Waals surface area contributed by atoms with Gasteiger partial charge in [0.25, 0.3) is 5.91 Å². The van der Waals surface area contributed by atoms with Crippen molar-refractivity contribution < 1.29 is 4.79 Å². The molecular formula is C15H23N3O. The minimum Gasteiger partial charge on any atom is -0.386 e. The van der Waals surface area contributed by atoms with Crippen molar-refractivity contribution in [3.05, 3.63) is 24.0 Å². The van der Waals surface area contributed by atoms with Crippen LogP contribution in [-0.2, 0) is 0 Å². The number of hydrogen-bond acceptors (Lipinski definition) is 3. The third-order valence-electron chi connectivity index (χ3n) is 3.92. The summed E-state index contributed by atoms with van der Waals surface area (Å²) in [4.78, 5) is 18.3. The van der Waals surface area contributed by atoms with Crippen LogP contribution < -0.4 is 5.32 Å². The van der Waals surface area contributed by atoms with Gasteiger partial charge in [0.15, 0.2) is 0 Å². The summed E-state index contributed by atoms with van der Waals surface area (Å²) in [5.41, 5.74) is 1.50. The van der Waals surface area contributed by atoms with E-state index in [1.807, 2.05) is 19.0 Å². The summed E-state index contributed by atoms with van der Waals surface area (Å²) in [6, 6.07) is 1.78. The highest BCUT2D eigenvalue weighted by molar-refractivity contribution is 5.99. The molecule has 0 bridgehead atoms. The van der Waals surface area contributed by atoms with Crippen LogP contribution in [0.3, 0.4) is 0 Å². The Kier molecular flexibility index (Phi) is 4.77. The lowest BCUT2D eigenvalue weighted by Crippen LogP contribution is -2.33. The number of anilines is 1. The Labute approximate surface area is 115 Å². The third-order valence-corrected chi connectivity index (χ3v) is 3.92. The van der Waals surface area contributed by atoms with Crippen molar-refractivity contribution in [2.45, 2.75) is 32.1 Å². The molecule has 0 radical (unpaired) electrons. The van der Waals surface area contributed by atoms with Crippen LogP contribution in [0.5, 0.6) is 0 Å². The highest BCUT2D eigenvalue weighted by atomic mass is 16.2. The van der Waals surface area contributed by atoms with E-state index in [0.29, 0.717) is 11.5 Å². The molecule has 104 valence electrons. The summed E-state index contributed by atoms with van der Waals surface area (Å²) in [5, 5.41) is 3.02. The molecule has 4 heteroatoms. The number of pyridine rings is 1. The molecule has 0 atom stereocenters. The van der Waals surface area contributed by atoms with Gasteiger partial charge < -0.3 is 10.2 Å². The number of amides is 1. The van der Waals surface area contributed by atoms with E-state index in [2.05, 4.69) is 10.3 Å². The second-order valence-electron chi connectivity index (χ2n) is 5.36. The van der Waals surface area contributed by atoms with E-state index in [1.54, 1.807) is 18.5 Å². The van der Waals surface area contributed by atoms with Gasteiger partial charge in [-0.3, -0.25) is 9.78 Å². The fraction of sp³-hybridized carbons (Fsp3) is 0.600. The van der Waals surface area contributed by atoms with Crippen LogP contribution in [0.4, 0.5) is 5.69 Å². The second kappa shape index (κ2) is 6.55. The summed E-state index contributed by atoms with van der Waals surface area (Å²) in [7, 11) is 3.71. The smallest absolute Gasteiger partial charge is 0.255 e. The molecule has 1 saturated carbocycles. The molecule has 0 saturated heterocycles. The van der Waals surface area contributed by atoms with Crippen LogP contribution in [0.25, 0.3) is 0 Å². The standard InChI is InChI=1S/C15H23N3O/c1-16-14-10-17-9-8-13(14)15(19)18(2)11-12-6-4-3-5-7-12/h8-10,12,16H,3-7,11H2,1-2H3. The molecule has 19 heavy (non-hydrogen) atoms. The molecule has 0 spiro atoms. The van der Waals surface area contributed by atoms with Gasteiger partial charge in [0.2, 0.25) is 0 Å². The lowest BCUT2D eigenvalue weighted by Gasteiger charge is -2.27. The molecule has 1 fully saturated rings. The predicted molar refractivity (Wildman–Crippen MR) is 77.3 cm³/mol. The Morgan fingerprint density at radius 1 is 1.42 bits per heavy atom. The first-order valence-corrected chi connectivity index (χ1v) is 7.09. The van der Waals surface area contributed by atoms with Crippen LogP contribution in [0.15, 0.2) is 18.5 Å². The van der Waals surface area contributed by atoms with Gasteiger partial charge in [-0.05, 0) is 24.8 Å². The first kappa shape index (κ1) is 13.8. The summed E-state index contributed by atoms with van der Waals surface area (Å²) >= 11 is 0. The molecule has 1 aliphatic carbocycles. The molecule has 0 unspecified atom stereocenters. The molecule has 0 aromatic carbocycles.